The van der Waals surface area contributed by atoms with Gasteiger partial charge in [-0.2, -0.15) is 0 Å². The first-order chi connectivity index (χ1) is 14.0. The van der Waals surface area contributed by atoms with E-state index in [2.05, 4.69) is 13.8 Å². The summed E-state index contributed by atoms with van der Waals surface area (Å²) in [5, 5.41) is 19.3. The molecular formula is C25H49NaO4. The standard InChI is InChI=1S/C25H48O4.Na.H/c1-3-5-7-9-11-13-14-16-18-20-22-25(23(26)27,24(28)29)21-19-17-15-12-10-8-6-4-2;;/h3-22H2,1-2H3,(H,26,27)(H,28,29);;/q;+1;-1. The van der Waals surface area contributed by atoms with Gasteiger partial charge in [-0.25, -0.2) is 0 Å². The summed E-state index contributed by atoms with van der Waals surface area (Å²) in [6, 6.07) is 0. The van der Waals surface area contributed by atoms with Crippen LogP contribution in [0.15, 0.2) is 0 Å². The second-order valence-electron chi connectivity index (χ2n) is 8.85. The molecule has 174 valence electrons. The quantitative estimate of drug-likeness (QED) is 0.141. The molecule has 0 heterocycles. The van der Waals surface area contributed by atoms with E-state index in [1.165, 1.54) is 77.0 Å². The second-order valence-corrected chi connectivity index (χ2v) is 8.85. The zero-order valence-corrected chi connectivity index (χ0v) is 22.4. The van der Waals surface area contributed by atoms with Crippen LogP contribution in [0.4, 0.5) is 0 Å². The number of unbranched alkanes of at least 4 members (excludes halogenated alkanes) is 16. The molecule has 0 aliphatic heterocycles. The molecular weight excluding hydrogens is 387 g/mol. The fourth-order valence-corrected chi connectivity index (χ4v) is 4.12. The summed E-state index contributed by atoms with van der Waals surface area (Å²) >= 11 is 0. The molecule has 0 saturated heterocycles. The average Bonchev–Trinajstić information content (AvgIpc) is 2.69. The van der Waals surface area contributed by atoms with E-state index in [4.69, 9.17) is 0 Å². The summed E-state index contributed by atoms with van der Waals surface area (Å²) in [5.41, 5.74) is -1.58. The van der Waals surface area contributed by atoms with Gasteiger partial charge in [-0.15, -0.1) is 0 Å². The molecule has 2 N–H and O–H groups in total. The number of hydrogen-bond acceptors (Lipinski definition) is 2. The van der Waals surface area contributed by atoms with Crippen molar-refractivity contribution in [3.8, 4) is 0 Å². The van der Waals surface area contributed by atoms with Gasteiger partial charge in [0.25, 0.3) is 0 Å². The van der Waals surface area contributed by atoms with E-state index in [0.717, 1.165) is 25.7 Å². The first kappa shape index (κ1) is 32.1. The van der Waals surface area contributed by atoms with E-state index in [-0.39, 0.29) is 43.8 Å². The Labute approximate surface area is 209 Å². The van der Waals surface area contributed by atoms with Crippen molar-refractivity contribution >= 4 is 11.9 Å². The van der Waals surface area contributed by atoms with Crippen LogP contribution < -0.4 is 29.6 Å². The minimum absolute atomic E-state index is 0. The van der Waals surface area contributed by atoms with E-state index in [1.807, 2.05) is 0 Å². The Morgan fingerprint density at radius 3 is 1.00 bits per heavy atom. The van der Waals surface area contributed by atoms with E-state index in [0.29, 0.717) is 12.8 Å². The summed E-state index contributed by atoms with van der Waals surface area (Å²) < 4.78 is 0. The van der Waals surface area contributed by atoms with Crippen molar-refractivity contribution in [1.82, 2.24) is 0 Å². The van der Waals surface area contributed by atoms with Crippen molar-refractivity contribution in [2.45, 2.75) is 142 Å². The molecule has 0 aromatic carbocycles. The smallest absolute Gasteiger partial charge is 1.00 e. The number of carboxylic acids is 2. The molecule has 0 rings (SSSR count). The predicted molar refractivity (Wildman–Crippen MR) is 123 cm³/mol. The van der Waals surface area contributed by atoms with Crippen LogP contribution in [0.25, 0.3) is 0 Å². The number of carbonyl (C=O) groups is 2. The van der Waals surface area contributed by atoms with Crippen LogP contribution in [0.1, 0.15) is 144 Å². The van der Waals surface area contributed by atoms with Crippen molar-refractivity contribution in [2.24, 2.45) is 5.41 Å². The third-order valence-corrected chi connectivity index (χ3v) is 6.23. The van der Waals surface area contributed by atoms with Crippen LogP contribution in [0.5, 0.6) is 0 Å². The van der Waals surface area contributed by atoms with Crippen molar-refractivity contribution in [1.29, 1.82) is 0 Å². The molecule has 0 aromatic heterocycles. The summed E-state index contributed by atoms with van der Waals surface area (Å²) in [4.78, 5) is 23.6. The minimum Gasteiger partial charge on any atom is -1.00 e. The largest absolute Gasteiger partial charge is 1.00 e. The fourth-order valence-electron chi connectivity index (χ4n) is 4.12. The Hall–Kier alpha value is -0.0600. The monoisotopic (exact) mass is 436 g/mol. The van der Waals surface area contributed by atoms with Gasteiger partial charge in [0.2, 0.25) is 0 Å². The van der Waals surface area contributed by atoms with E-state index in [9.17, 15) is 19.8 Å². The van der Waals surface area contributed by atoms with Crippen LogP contribution in [-0.4, -0.2) is 22.2 Å². The van der Waals surface area contributed by atoms with E-state index >= 15 is 0 Å². The Morgan fingerprint density at radius 1 is 0.533 bits per heavy atom. The molecule has 0 saturated carbocycles. The second kappa shape index (κ2) is 22.1. The van der Waals surface area contributed by atoms with Gasteiger partial charge in [0.1, 0.15) is 0 Å². The third kappa shape index (κ3) is 15.7. The number of aliphatic carboxylic acids is 2. The van der Waals surface area contributed by atoms with Gasteiger partial charge >= 0.3 is 41.5 Å². The fraction of sp³-hybridized carbons (Fsp3) is 0.920. The van der Waals surface area contributed by atoms with Crippen LogP contribution in [0, 0.1) is 5.41 Å². The molecule has 4 nitrogen and oxygen atoms in total. The maximum absolute atomic E-state index is 11.8. The molecule has 0 atom stereocenters. The number of hydrogen-bond donors (Lipinski definition) is 2. The topological polar surface area (TPSA) is 74.6 Å². The first-order valence-electron chi connectivity index (χ1n) is 12.5. The molecule has 5 heteroatoms. The third-order valence-electron chi connectivity index (χ3n) is 6.23. The summed E-state index contributed by atoms with van der Waals surface area (Å²) in [6.45, 7) is 4.43. The van der Waals surface area contributed by atoms with Gasteiger partial charge in [-0.3, -0.25) is 9.59 Å². The Morgan fingerprint density at radius 2 is 0.767 bits per heavy atom. The summed E-state index contributed by atoms with van der Waals surface area (Å²) in [7, 11) is 0. The van der Waals surface area contributed by atoms with Crippen molar-refractivity contribution in [2.75, 3.05) is 0 Å². The number of rotatable bonds is 22. The van der Waals surface area contributed by atoms with Gasteiger partial charge in [-0.1, -0.05) is 129 Å². The summed E-state index contributed by atoms with van der Waals surface area (Å²) in [5.74, 6) is -2.30. The van der Waals surface area contributed by atoms with Crippen LogP contribution >= 0.6 is 0 Å². The molecule has 0 aliphatic carbocycles. The Balaban J connectivity index is -0.00000392. The predicted octanol–water partition coefficient (Wildman–Crippen LogP) is 5.10. The molecule has 0 fully saturated rings. The van der Waals surface area contributed by atoms with Crippen molar-refractivity contribution < 1.29 is 50.8 Å². The minimum atomic E-state index is -1.58. The molecule has 0 unspecified atom stereocenters. The molecule has 0 radical (unpaired) electrons. The molecule has 0 amide bonds. The van der Waals surface area contributed by atoms with Crippen LogP contribution in [-0.2, 0) is 9.59 Å². The molecule has 0 spiro atoms. The Kier molecular flexibility index (Phi) is 23.7. The summed E-state index contributed by atoms with van der Waals surface area (Å²) in [6.07, 6.45) is 21.1. The SMILES string of the molecule is CCCCCCCCCCCCC(CCCCCCCCCC)(C(=O)O)C(=O)O.[H-].[Na+]. The van der Waals surface area contributed by atoms with Crippen molar-refractivity contribution in [3.05, 3.63) is 0 Å². The average molecular weight is 437 g/mol. The van der Waals surface area contributed by atoms with Gasteiger partial charge in [0.05, 0.1) is 0 Å². The maximum atomic E-state index is 11.8. The molecule has 0 aliphatic rings. The Bertz CT molecular complexity index is 404. The molecule has 0 aromatic rings. The van der Waals surface area contributed by atoms with Gasteiger partial charge in [-0.05, 0) is 12.8 Å². The van der Waals surface area contributed by atoms with E-state index in [1.54, 1.807) is 0 Å². The first-order valence-corrected chi connectivity index (χ1v) is 12.5. The van der Waals surface area contributed by atoms with Gasteiger partial charge < -0.3 is 11.6 Å². The van der Waals surface area contributed by atoms with Crippen LogP contribution in [0.3, 0.4) is 0 Å². The number of carboxylic acid groups (broad SMARTS) is 2. The van der Waals surface area contributed by atoms with Crippen molar-refractivity contribution in [3.63, 3.8) is 0 Å². The zero-order chi connectivity index (χ0) is 21.8. The normalized spacial score (nSPS) is 11.3. The molecule has 0 bridgehead atoms. The van der Waals surface area contributed by atoms with Crippen LogP contribution in [0.2, 0.25) is 0 Å². The van der Waals surface area contributed by atoms with Gasteiger partial charge in [0, 0.05) is 0 Å². The zero-order valence-electron chi connectivity index (χ0n) is 21.4. The van der Waals surface area contributed by atoms with Gasteiger partial charge in [0.15, 0.2) is 5.41 Å². The maximum Gasteiger partial charge on any atom is 1.00 e. The van der Waals surface area contributed by atoms with E-state index < -0.39 is 17.4 Å². The molecule has 30 heavy (non-hydrogen) atoms.